The predicted molar refractivity (Wildman–Crippen MR) is 230 cm³/mol. The second kappa shape index (κ2) is 19.8. The summed E-state index contributed by atoms with van der Waals surface area (Å²) in [5.74, 6) is -1.12. The van der Waals surface area contributed by atoms with E-state index in [4.69, 9.17) is 0 Å². The van der Waals surface area contributed by atoms with Gasteiger partial charge in [-0.3, -0.25) is 14.4 Å². The van der Waals surface area contributed by atoms with Crippen molar-refractivity contribution in [2.24, 2.45) is 0 Å². The van der Waals surface area contributed by atoms with Crippen molar-refractivity contribution in [2.75, 3.05) is 46.6 Å². The fourth-order valence-electron chi connectivity index (χ4n) is 6.02. The molecule has 3 aromatic heterocycles. The normalized spacial score (nSPS) is 16.1. The molecule has 0 bridgehead atoms. The second-order valence-electron chi connectivity index (χ2n) is 13.2. The molecule has 5 aromatic rings. The number of aromatic nitrogens is 1. The van der Waals surface area contributed by atoms with E-state index in [0.29, 0.717) is 5.13 Å². The lowest BCUT2D eigenvalue weighted by Gasteiger charge is -2.28. The summed E-state index contributed by atoms with van der Waals surface area (Å²) < 4.78 is 25.8. The molecule has 2 unspecified atom stereocenters. The molecule has 2 atom stereocenters. The van der Waals surface area contributed by atoms with E-state index >= 15 is 0 Å². The Morgan fingerprint density at radius 1 is 0.945 bits per heavy atom. The van der Waals surface area contributed by atoms with Crippen LogP contribution in [0.4, 0.5) is 5.13 Å². The first-order valence-electron chi connectivity index (χ1n) is 17.4. The van der Waals surface area contributed by atoms with Crippen molar-refractivity contribution in [3.63, 3.8) is 0 Å². The predicted octanol–water partition coefficient (Wildman–Crippen LogP) is 8.38. The fourth-order valence-corrected chi connectivity index (χ4v) is 9.81. The van der Waals surface area contributed by atoms with Crippen LogP contribution in [0.2, 0.25) is 0 Å². The molecule has 5 heterocycles. The van der Waals surface area contributed by atoms with Crippen LogP contribution >= 0.6 is 46.4 Å². The van der Waals surface area contributed by atoms with Crippen LogP contribution in [0.5, 0.6) is 0 Å². The minimum absolute atomic E-state index is 0. The van der Waals surface area contributed by atoms with Gasteiger partial charge < -0.3 is 20.0 Å². The number of likely N-dealkylation sites (N-methyl/N-ethyl adjacent to an activating group) is 3. The summed E-state index contributed by atoms with van der Waals surface area (Å²) in [6.07, 6.45) is 3.71. The number of nitrogens with zero attached hydrogens (tertiary/aromatic N) is 4. The number of sulfonamides is 1. The standard InChI is InChI=1S/C15H17NS2.C14H13N3O4S2.C11H17NO.ClH/c1-16-8-2-5-12(11-16)15(13-6-3-9-17-13)14-7-4-10-18-14;1-8-7-15-14(22-8)16-13(19)11-12(18)9-5-3-4-6-10(9)23(20,21)17(11)2;1-9(12(2)3)11(13)10-7-5-4-6-8-10;/h3-4,6-7,9-10H,2,5,8,11H2,1H3;3-7,18H,1-2H3,(H,15,16,19);4-9,11,13H,1-3H3;1H. The maximum Gasteiger partial charge on any atom is 0.278 e. The van der Waals surface area contributed by atoms with E-state index in [2.05, 4.69) is 57.3 Å². The quantitative estimate of drug-likeness (QED) is 0.149. The Hall–Kier alpha value is -3.86. The summed E-state index contributed by atoms with van der Waals surface area (Å²) in [6.45, 7) is 6.19. The third kappa shape index (κ3) is 10.7. The van der Waals surface area contributed by atoms with Gasteiger partial charge in [-0.15, -0.1) is 46.4 Å². The molecule has 15 heteroatoms. The number of rotatable bonds is 7. The highest BCUT2D eigenvalue weighted by atomic mass is 35.5. The van der Waals surface area contributed by atoms with E-state index in [1.807, 2.05) is 85.8 Å². The molecule has 1 fully saturated rings. The largest absolute Gasteiger partial charge is 0.505 e. The Morgan fingerprint density at radius 3 is 2.11 bits per heavy atom. The van der Waals surface area contributed by atoms with E-state index in [0.717, 1.165) is 21.3 Å². The number of carbonyl (C=O) groups is 1. The van der Waals surface area contributed by atoms with Gasteiger partial charge in [0.25, 0.3) is 15.9 Å². The summed E-state index contributed by atoms with van der Waals surface area (Å²) in [6, 6.07) is 24.7. The van der Waals surface area contributed by atoms with E-state index in [1.54, 1.807) is 23.9 Å². The highest BCUT2D eigenvalue weighted by Gasteiger charge is 2.38. The average Bonchev–Trinajstić information content (AvgIpc) is 3.97. The molecular formula is C40H48ClN5O5S4. The third-order valence-electron chi connectivity index (χ3n) is 9.16. The molecule has 2 aliphatic rings. The van der Waals surface area contributed by atoms with Crippen molar-refractivity contribution in [3.05, 3.63) is 133 Å². The van der Waals surface area contributed by atoms with Crippen LogP contribution in [0.3, 0.4) is 0 Å². The third-order valence-corrected chi connectivity index (χ3v) is 13.6. The lowest BCUT2D eigenvalue weighted by Crippen LogP contribution is -2.37. The number of hydrogen-bond donors (Lipinski definition) is 3. The Labute approximate surface area is 342 Å². The van der Waals surface area contributed by atoms with Gasteiger partial charge >= 0.3 is 0 Å². The molecule has 2 aromatic carbocycles. The molecule has 0 aliphatic carbocycles. The van der Waals surface area contributed by atoms with Crippen LogP contribution in [0, 0.1) is 6.92 Å². The summed E-state index contributed by atoms with van der Waals surface area (Å²) in [7, 11) is 3.49. The minimum Gasteiger partial charge on any atom is -0.505 e. The maximum atomic E-state index is 12.5. The smallest absolute Gasteiger partial charge is 0.278 e. The number of aryl methyl sites for hydroxylation is 1. The lowest BCUT2D eigenvalue weighted by atomic mass is 9.97. The number of halogens is 1. The Kier molecular flexibility index (Phi) is 15.8. The molecule has 294 valence electrons. The van der Waals surface area contributed by atoms with Gasteiger partial charge in [0.2, 0.25) is 0 Å². The first-order valence-corrected chi connectivity index (χ1v) is 21.4. The van der Waals surface area contributed by atoms with Crippen LogP contribution in [0.1, 0.15) is 51.6 Å². The van der Waals surface area contributed by atoms with Crippen molar-refractivity contribution >= 4 is 78.8 Å². The molecule has 10 nitrogen and oxygen atoms in total. The summed E-state index contributed by atoms with van der Waals surface area (Å²) >= 11 is 4.96. The summed E-state index contributed by atoms with van der Waals surface area (Å²) in [4.78, 5) is 24.6. The SMILES string of the molecule is CC(C(O)c1ccccc1)N(C)C.CN1CCCC(=C(c2cccs2)c2cccs2)C1.Cc1cnc(NC(=O)C2=C(O)c3ccccc3S(=O)(=O)N2C)s1.Cl. The van der Waals surface area contributed by atoms with E-state index < -0.39 is 22.0 Å². The topological polar surface area (TPSA) is 126 Å². The number of likely N-dealkylation sites (tertiary alicyclic amines) is 1. The number of benzene rings is 2. The highest BCUT2D eigenvalue weighted by Crippen LogP contribution is 2.37. The molecule has 55 heavy (non-hydrogen) atoms. The zero-order chi connectivity index (χ0) is 39.0. The van der Waals surface area contributed by atoms with E-state index in [1.165, 1.54) is 65.2 Å². The van der Waals surface area contributed by atoms with Crippen LogP contribution in [-0.2, 0) is 14.8 Å². The first kappa shape index (κ1) is 43.9. The number of amides is 1. The van der Waals surface area contributed by atoms with Crippen LogP contribution < -0.4 is 5.32 Å². The van der Waals surface area contributed by atoms with Gasteiger partial charge in [-0.25, -0.2) is 13.4 Å². The number of fused-ring (bicyclic) bond motifs is 1. The van der Waals surface area contributed by atoms with Crippen LogP contribution in [0.25, 0.3) is 11.3 Å². The number of thiazole rings is 1. The zero-order valence-electron chi connectivity index (χ0n) is 31.7. The van der Waals surface area contributed by atoms with Crippen molar-refractivity contribution in [1.29, 1.82) is 0 Å². The second-order valence-corrected chi connectivity index (χ2v) is 18.3. The van der Waals surface area contributed by atoms with Gasteiger partial charge in [0.1, 0.15) is 0 Å². The summed E-state index contributed by atoms with van der Waals surface area (Å²) in [5.41, 5.74) is 3.84. The van der Waals surface area contributed by atoms with E-state index in [-0.39, 0.29) is 40.4 Å². The van der Waals surface area contributed by atoms with Gasteiger partial charge in [-0.05, 0) is 101 Å². The van der Waals surface area contributed by atoms with Crippen molar-refractivity contribution in [1.82, 2.24) is 19.1 Å². The zero-order valence-corrected chi connectivity index (χ0v) is 35.8. The molecule has 0 spiro atoms. The van der Waals surface area contributed by atoms with Crippen molar-refractivity contribution in [2.45, 2.75) is 43.7 Å². The molecular weight excluding hydrogens is 794 g/mol. The number of thiophene rings is 2. The number of nitrogens with one attached hydrogen (secondary N) is 1. The molecule has 1 saturated heterocycles. The number of hydrogen-bond acceptors (Lipinski definition) is 11. The minimum atomic E-state index is -3.90. The fraction of sp³-hybridized carbons (Fsp3) is 0.300. The monoisotopic (exact) mass is 841 g/mol. The lowest BCUT2D eigenvalue weighted by molar-refractivity contribution is -0.113. The number of aliphatic hydroxyl groups excluding tert-OH is 2. The van der Waals surface area contributed by atoms with Crippen LogP contribution in [-0.4, -0.2) is 90.9 Å². The van der Waals surface area contributed by atoms with Gasteiger partial charge in [0, 0.05) is 51.6 Å². The summed E-state index contributed by atoms with van der Waals surface area (Å²) in [5, 5.41) is 27.5. The van der Waals surface area contributed by atoms with Gasteiger partial charge in [0.05, 0.1) is 11.0 Å². The molecule has 2 aliphatic heterocycles. The molecule has 0 saturated carbocycles. The number of anilines is 1. The number of carbonyl (C=O) groups excluding carboxylic acids is 1. The molecule has 0 radical (unpaired) electrons. The molecule has 7 rings (SSSR count). The average molecular weight is 843 g/mol. The number of piperidine rings is 1. The Balaban J connectivity index is 0.000000189. The van der Waals surface area contributed by atoms with E-state index in [9.17, 15) is 23.4 Å². The Bertz CT molecular complexity index is 2130. The molecule has 3 N–H and O–H groups in total. The van der Waals surface area contributed by atoms with Crippen molar-refractivity contribution in [3.8, 4) is 0 Å². The highest BCUT2D eigenvalue weighted by molar-refractivity contribution is 7.89. The van der Waals surface area contributed by atoms with Gasteiger partial charge in [-0.2, -0.15) is 0 Å². The van der Waals surface area contributed by atoms with Crippen LogP contribution in [0.15, 0.2) is 112 Å². The van der Waals surface area contributed by atoms with Crippen molar-refractivity contribution < 1.29 is 23.4 Å². The first-order chi connectivity index (χ1) is 25.8. The van der Waals surface area contributed by atoms with Gasteiger partial charge in [-0.1, -0.05) is 54.6 Å². The Morgan fingerprint density at radius 2 is 1.56 bits per heavy atom. The molecule has 1 amide bonds. The maximum absolute atomic E-state index is 12.5. The van der Waals surface area contributed by atoms with Gasteiger partial charge in [0.15, 0.2) is 16.6 Å². The number of aliphatic hydroxyl groups is 2.